The van der Waals surface area contributed by atoms with E-state index in [-0.39, 0.29) is 5.60 Å². The van der Waals surface area contributed by atoms with Crippen molar-refractivity contribution in [1.82, 2.24) is 0 Å². The number of fused-ring (bicyclic) bond motifs is 2. The lowest BCUT2D eigenvalue weighted by Crippen LogP contribution is -2.34. The molecule has 2 heteroatoms. The van der Waals surface area contributed by atoms with Crippen molar-refractivity contribution in [1.29, 1.82) is 0 Å². The molecule has 0 aliphatic heterocycles. The van der Waals surface area contributed by atoms with Gasteiger partial charge >= 0.3 is 0 Å². The second-order valence-electron chi connectivity index (χ2n) is 3.92. The highest BCUT2D eigenvalue weighted by atomic mass is 16.5. The maximum Gasteiger partial charge on any atom is 0.136 e. The zero-order valence-corrected chi connectivity index (χ0v) is 6.93. The summed E-state index contributed by atoms with van der Waals surface area (Å²) in [7, 11) is 1.74. The Kier molecular flexibility index (Phi) is 1.53. The molecule has 0 saturated heterocycles. The summed E-state index contributed by atoms with van der Waals surface area (Å²) in [6.07, 6.45) is 4.89. The smallest absolute Gasteiger partial charge is 0.136 e. The molecule has 2 atom stereocenters. The lowest BCUT2D eigenvalue weighted by atomic mass is 9.85. The highest BCUT2D eigenvalue weighted by Gasteiger charge is 2.45. The van der Waals surface area contributed by atoms with Crippen LogP contribution in [0.2, 0.25) is 0 Å². The Hall–Kier alpha value is -0.370. The number of rotatable bonds is 1. The highest BCUT2D eigenvalue weighted by Crippen LogP contribution is 2.45. The van der Waals surface area contributed by atoms with E-state index >= 15 is 0 Å². The van der Waals surface area contributed by atoms with Crippen LogP contribution < -0.4 is 0 Å². The first-order valence-electron chi connectivity index (χ1n) is 4.31. The van der Waals surface area contributed by atoms with Gasteiger partial charge in [-0.1, -0.05) is 0 Å². The monoisotopic (exact) mass is 154 g/mol. The first kappa shape index (κ1) is 7.29. The molecule has 0 amide bonds. The predicted octanol–water partition coefficient (Wildman–Crippen LogP) is 1.53. The summed E-state index contributed by atoms with van der Waals surface area (Å²) in [5, 5.41) is 0. The first-order valence-corrected chi connectivity index (χ1v) is 4.31. The Bertz CT molecular complexity index is 188. The molecule has 2 saturated carbocycles. The lowest BCUT2D eigenvalue weighted by molar-refractivity contribution is -0.129. The van der Waals surface area contributed by atoms with Crippen molar-refractivity contribution in [2.24, 2.45) is 5.92 Å². The third-order valence-corrected chi connectivity index (χ3v) is 3.14. The zero-order valence-electron chi connectivity index (χ0n) is 6.93. The molecule has 2 fully saturated rings. The van der Waals surface area contributed by atoms with Crippen LogP contribution >= 0.6 is 0 Å². The van der Waals surface area contributed by atoms with Crippen molar-refractivity contribution in [2.75, 3.05) is 7.11 Å². The molecule has 11 heavy (non-hydrogen) atoms. The Morgan fingerprint density at radius 3 is 3.18 bits per heavy atom. The number of Topliss-reactive ketones (excluding diaryl/α,β-unsaturated/α-hetero) is 1. The van der Waals surface area contributed by atoms with E-state index < -0.39 is 0 Å². The molecule has 0 aromatic rings. The summed E-state index contributed by atoms with van der Waals surface area (Å²) in [5.41, 5.74) is -0.0417. The normalized spacial score (nSPS) is 43.0. The van der Waals surface area contributed by atoms with Crippen LogP contribution in [0.3, 0.4) is 0 Å². The van der Waals surface area contributed by atoms with Crippen molar-refractivity contribution >= 4 is 5.78 Å². The van der Waals surface area contributed by atoms with Gasteiger partial charge in [0.1, 0.15) is 5.78 Å². The summed E-state index contributed by atoms with van der Waals surface area (Å²) in [6.45, 7) is 0. The van der Waals surface area contributed by atoms with Crippen LogP contribution in [-0.4, -0.2) is 18.5 Å². The van der Waals surface area contributed by atoms with Gasteiger partial charge in [0.25, 0.3) is 0 Å². The van der Waals surface area contributed by atoms with Crippen LogP contribution in [0, 0.1) is 5.92 Å². The molecule has 0 heterocycles. The van der Waals surface area contributed by atoms with Crippen LogP contribution in [0.5, 0.6) is 0 Å². The second kappa shape index (κ2) is 2.31. The number of hydrogen-bond donors (Lipinski definition) is 0. The van der Waals surface area contributed by atoms with Gasteiger partial charge in [0.15, 0.2) is 0 Å². The molecular formula is C9H14O2. The minimum Gasteiger partial charge on any atom is -0.378 e. The van der Waals surface area contributed by atoms with Crippen molar-refractivity contribution in [2.45, 2.75) is 37.7 Å². The van der Waals surface area contributed by atoms with E-state index in [2.05, 4.69) is 0 Å². The molecule has 0 aromatic heterocycles. The largest absolute Gasteiger partial charge is 0.378 e. The Balaban J connectivity index is 2.18. The second-order valence-corrected chi connectivity index (χ2v) is 3.92. The van der Waals surface area contributed by atoms with Crippen LogP contribution in [0.25, 0.3) is 0 Å². The Morgan fingerprint density at radius 1 is 1.64 bits per heavy atom. The summed E-state index contributed by atoms with van der Waals surface area (Å²) in [4.78, 5) is 11.2. The number of hydrogen-bond acceptors (Lipinski definition) is 2. The third kappa shape index (κ3) is 1.09. The molecule has 2 nitrogen and oxygen atoms in total. The molecule has 2 rings (SSSR count). The fraction of sp³-hybridized carbons (Fsp3) is 0.889. The minimum atomic E-state index is -0.0417. The molecule has 62 valence electrons. The SMILES string of the molecule is COC12CCC(CC(=O)C1)C2. The number of ether oxygens (including phenoxy) is 1. The average molecular weight is 154 g/mol. The van der Waals surface area contributed by atoms with Gasteiger partial charge in [0, 0.05) is 20.0 Å². The van der Waals surface area contributed by atoms with Crippen molar-refractivity contribution < 1.29 is 9.53 Å². The quantitative estimate of drug-likeness (QED) is 0.572. The van der Waals surface area contributed by atoms with Crippen LogP contribution in [0.4, 0.5) is 0 Å². The average Bonchev–Trinajstić information content (AvgIpc) is 2.28. The lowest BCUT2D eigenvalue weighted by Gasteiger charge is -2.30. The summed E-state index contributed by atoms with van der Waals surface area (Å²) >= 11 is 0. The van der Waals surface area contributed by atoms with E-state index in [1.54, 1.807) is 7.11 Å². The number of carbonyl (C=O) groups is 1. The van der Waals surface area contributed by atoms with Crippen LogP contribution in [0.15, 0.2) is 0 Å². The van der Waals surface area contributed by atoms with Crippen molar-refractivity contribution in [3.05, 3.63) is 0 Å². The molecule has 0 spiro atoms. The third-order valence-electron chi connectivity index (χ3n) is 3.14. The molecule has 0 aromatic carbocycles. The summed E-state index contributed by atoms with van der Waals surface area (Å²) in [6, 6.07) is 0. The van der Waals surface area contributed by atoms with E-state index in [1.165, 1.54) is 6.42 Å². The first-order chi connectivity index (χ1) is 5.24. The maximum atomic E-state index is 11.2. The molecule has 0 N–H and O–H groups in total. The zero-order chi connectivity index (χ0) is 7.90. The summed E-state index contributed by atoms with van der Waals surface area (Å²) in [5.74, 6) is 1.04. The van der Waals surface area contributed by atoms with Gasteiger partial charge in [-0.05, 0) is 25.2 Å². The van der Waals surface area contributed by atoms with Crippen LogP contribution in [-0.2, 0) is 9.53 Å². The maximum absolute atomic E-state index is 11.2. The van der Waals surface area contributed by atoms with E-state index in [4.69, 9.17) is 4.74 Å². The molecule has 2 unspecified atom stereocenters. The van der Waals surface area contributed by atoms with E-state index in [0.29, 0.717) is 18.1 Å². The molecule has 2 aliphatic rings. The Labute approximate surface area is 66.9 Å². The molecule has 2 bridgehead atoms. The van der Waals surface area contributed by atoms with E-state index in [9.17, 15) is 4.79 Å². The molecule has 0 radical (unpaired) electrons. The van der Waals surface area contributed by atoms with Gasteiger partial charge < -0.3 is 4.74 Å². The minimum absolute atomic E-state index is 0.0417. The van der Waals surface area contributed by atoms with Gasteiger partial charge in [-0.25, -0.2) is 0 Å². The van der Waals surface area contributed by atoms with Gasteiger partial charge in [0.05, 0.1) is 5.60 Å². The van der Waals surface area contributed by atoms with Gasteiger partial charge in [0.2, 0.25) is 0 Å². The van der Waals surface area contributed by atoms with Crippen molar-refractivity contribution in [3.8, 4) is 0 Å². The number of ketones is 1. The van der Waals surface area contributed by atoms with Gasteiger partial charge in [-0.2, -0.15) is 0 Å². The Morgan fingerprint density at radius 2 is 2.45 bits per heavy atom. The molecule has 2 aliphatic carbocycles. The number of carbonyl (C=O) groups excluding carboxylic acids is 1. The fourth-order valence-corrected chi connectivity index (χ4v) is 2.54. The molecular weight excluding hydrogens is 140 g/mol. The van der Waals surface area contributed by atoms with Crippen LogP contribution in [0.1, 0.15) is 32.1 Å². The fourth-order valence-electron chi connectivity index (χ4n) is 2.54. The van der Waals surface area contributed by atoms with Crippen molar-refractivity contribution in [3.63, 3.8) is 0 Å². The number of methoxy groups -OCH3 is 1. The topological polar surface area (TPSA) is 26.3 Å². The van der Waals surface area contributed by atoms with Gasteiger partial charge in [-0.15, -0.1) is 0 Å². The summed E-state index contributed by atoms with van der Waals surface area (Å²) < 4.78 is 5.42. The van der Waals surface area contributed by atoms with E-state index in [0.717, 1.165) is 19.3 Å². The van der Waals surface area contributed by atoms with Gasteiger partial charge in [-0.3, -0.25) is 4.79 Å². The predicted molar refractivity (Wildman–Crippen MR) is 41.3 cm³/mol. The highest BCUT2D eigenvalue weighted by molar-refractivity contribution is 5.81. The van der Waals surface area contributed by atoms with E-state index in [1.807, 2.05) is 0 Å². The standard InChI is InChI=1S/C9H14O2/c1-11-9-3-2-7(5-9)4-8(10)6-9/h7H,2-6H2,1H3.